The molecular formula is C18H26N4O5S. The van der Waals surface area contributed by atoms with Gasteiger partial charge in [0.05, 0.1) is 25.6 Å². The molecule has 28 heavy (non-hydrogen) atoms. The van der Waals surface area contributed by atoms with Gasteiger partial charge in [-0.3, -0.25) is 9.48 Å². The van der Waals surface area contributed by atoms with Crippen molar-refractivity contribution in [2.45, 2.75) is 31.8 Å². The molecule has 154 valence electrons. The highest BCUT2D eigenvalue weighted by Crippen LogP contribution is 2.27. The van der Waals surface area contributed by atoms with Gasteiger partial charge in [0.1, 0.15) is 11.4 Å². The lowest BCUT2D eigenvalue weighted by atomic mass is 10.2. The third kappa shape index (κ3) is 4.45. The van der Waals surface area contributed by atoms with Crippen LogP contribution in [0.3, 0.4) is 0 Å². The molecule has 0 radical (unpaired) electrons. The minimum atomic E-state index is -3.63. The smallest absolute Gasteiger partial charge is 0.246 e. The number of nitrogens with one attached hydrogen (secondary N) is 1. The van der Waals surface area contributed by atoms with Gasteiger partial charge in [0.2, 0.25) is 15.9 Å². The van der Waals surface area contributed by atoms with Gasteiger partial charge < -0.3 is 14.8 Å². The minimum Gasteiger partial charge on any atom is -0.493 e. The molecule has 2 rings (SSSR count). The van der Waals surface area contributed by atoms with E-state index in [1.165, 1.54) is 18.8 Å². The van der Waals surface area contributed by atoms with E-state index in [4.69, 9.17) is 9.47 Å². The lowest BCUT2D eigenvalue weighted by molar-refractivity contribution is -0.122. The molecule has 1 amide bonds. The van der Waals surface area contributed by atoms with Gasteiger partial charge in [-0.05, 0) is 31.5 Å². The molecule has 1 aromatic carbocycles. The van der Waals surface area contributed by atoms with E-state index in [2.05, 4.69) is 10.4 Å². The fourth-order valence-corrected chi connectivity index (χ4v) is 4.03. The molecule has 0 bridgehead atoms. The van der Waals surface area contributed by atoms with Crippen molar-refractivity contribution >= 4 is 15.9 Å². The highest BCUT2D eigenvalue weighted by Gasteiger charge is 2.27. The standard InChI is InChI=1S/C18H26N4O5S/c1-12-18(28(24,25)21(3)4)13(2)22(20-12)11-17(23)19-10-14-7-8-15(26-5)16(9-14)27-6/h7-9H,10-11H2,1-6H3,(H,19,23). The third-order valence-electron chi connectivity index (χ3n) is 4.28. The monoisotopic (exact) mass is 410 g/mol. The zero-order valence-corrected chi connectivity index (χ0v) is 17.8. The second-order valence-electron chi connectivity index (χ2n) is 6.41. The summed E-state index contributed by atoms with van der Waals surface area (Å²) in [5.41, 5.74) is 1.63. The van der Waals surface area contributed by atoms with Crippen molar-refractivity contribution in [2.24, 2.45) is 0 Å². The summed E-state index contributed by atoms with van der Waals surface area (Å²) < 4.78 is 37.9. The Morgan fingerprint density at radius 2 is 1.82 bits per heavy atom. The van der Waals surface area contributed by atoms with E-state index in [0.29, 0.717) is 29.4 Å². The molecule has 1 heterocycles. The summed E-state index contributed by atoms with van der Waals surface area (Å²) in [5, 5.41) is 7.02. The van der Waals surface area contributed by atoms with E-state index >= 15 is 0 Å². The van der Waals surface area contributed by atoms with Crippen LogP contribution in [0.5, 0.6) is 11.5 Å². The van der Waals surface area contributed by atoms with E-state index in [1.807, 2.05) is 6.07 Å². The van der Waals surface area contributed by atoms with Crippen LogP contribution in [0.4, 0.5) is 0 Å². The van der Waals surface area contributed by atoms with Crippen molar-refractivity contribution in [2.75, 3.05) is 28.3 Å². The number of nitrogens with zero attached hydrogens (tertiary/aromatic N) is 3. The van der Waals surface area contributed by atoms with Crippen molar-refractivity contribution in [1.82, 2.24) is 19.4 Å². The van der Waals surface area contributed by atoms with Crippen LogP contribution in [0.2, 0.25) is 0 Å². The van der Waals surface area contributed by atoms with E-state index in [9.17, 15) is 13.2 Å². The predicted octanol–water partition coefficient (Wildman–Crippen LogP) is 1.08. The lowest BCUT2D eigenvalue weighted by Crippen LogP contribution is -2.28. The van der Waals surface area contributed by atoms with Crippen LogP contribution in [0.1, 0.15) is 17.0 Å². The zero-order valence-electron chi connectivity index (χ0n) is 16.9. The number of rotatable bonds is 8. The number of amides is 1. The number of benzene rings is 1. The quantitative estimate of drug-likeness (QED) is 0.699. The van der Waals surface area contributed by atoms with Gasteiger partial charge in [-0.15, -0.1) is 0 Å². The van der Waals surface area contributed by atoms with Gasteiger partial charge in [0, 0.05) is 20.6 Å². The van der Waals surface area contributed by atoms with Gasteiger partial charge in [-0.1, -0.05) is 6.07 Å². The van der Waals surface area contributed by atoms with E-state index in [0.717, 1.165) is 9.87 Å². The molecule has 10 heteroatoms. The third-order valence-corrected chi connectivity index (χ3v) is 6.35. The fraction of sp³-hybridized carbons (Fsp3) is 0.444. The zero-order chi connectivity index (χ0) is 21.1. The molecule has 0 fully saturated rings. The molecule has 0 atom stereocenters. The van der Waals surface area contributed by atoms with E-state index < -0.39 is 10.0 Å². The number of carbonyl (C=O) groups excluding carboxylic acids is 1. The summed E-state index contributed by atoms with van der Waals surface area (Å²) in [5.74, 6) is 0.898. The highest BCUT2D eigenvalue weighted by molar-refractivity contribution is 7.89. The molecular weight excluding hydrogens is 384 g/mol. The van der Waals surface area contributed by atoms with Gasteiger partial charge in [-0.2, -0.15) is 5.10 Å². The molecule has 1 aromatic heterocycles. The van der Waals surface area contributed by atoms with Crippen molar-refractivity contribution in [1.29, 1.82) is 0 Å². The fourth-order valence-electron chi connectivity index (χ4n) is 2.77. The summed E-state index contributed by atoms with van der Waals surface area (Å²) >= 11 is 0. The minimum absolute atomic E-state index is 0.0804. The maximum absolute atomic E-state index is 12.4. The number of carbonyl (C=O) groups is 1. The van der Waals surface area contributed by atoms with Crippen LogP contribution < -0.4 is 14.8 Å². The Labute approximate surface area is 165 Å². The summed E-state index contributed by atoms with van der Waals surface area (Å²) in [6.45, 7) is 3.46. The van der Waals surface area contributed by atoms with E-state index in [-0.39, 0.29) is 17.3 Å². The number of aryl methyl sites for hydroxylation is 1. The number of hydrogen-bond acceptors (Lipinski definition) is 6. The molecule has 0 aliphatic heterocycles. The Bertz CT molecular complexity index is 967. The Kier molecular flexibility index (Phi) is 6.68. The predicted molar refractivity (Wildman–Crippen MR) is 104 cm³/mol. The molecule has 0 unspecified atom stereocenters. The van der Waals surface area contributed by atoms with Gasteiger partial charge >= 0.3 is 0 Å². The van der Waals surface area contributed by atoms with Crippen molar-refractivity contribution in [3.8, 4) is 11.5 Å². The summed E-state index contributed by atoms with van der Waals surface area (Å²) in [6, 6.07) is 5.37. The molecule has 0 spiro atoms. The molecule has 0 saturated heterocycles. The lowest BCUT2D eigenvalue weighted by Gasteiger charge is -2.12. The largest absolute Gasteiger partial charge is 0.493 e. The first-order valence-corrected chi connectivity index (χ1v) is 10.00. The van der Waals surface area contributed by atoms with Crippen molar-refractivity contribution < 1.29 is 22.7 Å². The maximum atomic E-state index is 12.4. The SMILES string of the molecule is COc1ccc(CNC(=O)Cn2nc(C)c(S(=O)(=O)N(C)C)c2C)cc1OC. The van der Waals surface area contributed by atoms with Gasteiger partial charge in [0.25, 0.3) is 0 Å². The highest BCUT2D eigenvalue weighted by atomic mass is 32.2. The maximum Gasteiger partial charge on any atom is 0.246 e. The van der Waals surface area contributed by atoms with Crippen molar-refractivity contribution in [3.05, 3.63) is 35.2 Å². The average molecular weight is 410 g/mol. The number of sulfonamides is 1. The number of methoxy groups -OCH3 is 2. The van der Waals surface area contributed by atoms with Crippen LogP contribution in [-0.4, -0.2) is 56.7 Å². The second kappa shape index (κ2) is 8.61. The normalized spacial score (nSPS) is 11.5. The van der Waals surface area contributed by atoms with E-state index in [1.54, 1.807) is 40.2 Å². The van der Waals surface area contributed by atoms with Crippen LogP contribution in [0.15, 0.2) is 23.1 Å². The van der Waals surface area contributed by atoms with Gasteiger partial charge in [-0.25, -0.2) is 12.7 Å². The van der Waals surface area contributed by atoms with Gasteiger partial charge in [0.15, 0.2) is 11.5 Å². The van der Waals surface area contributed by atoms with Crippen LogP contribution in [0.25, 0.3) is 0 Å². The average Bonchev–Trinajstić information content (AvgIpc) is 2.93. The Balaban J connectivity index is 2.10. The molecule has 9 nitrogen and oxygen atoms in total. The molecule has 0 aliphatic carbocycles. The Morgan fingerprint density at radius 1 is 1.18 bits per heavy atom. The first kappa shape index (κ1) is 21.7. The Hall–Kier alpha value is -2.59. The van der Waals surface area contributed by atoms with Crippen LogP contribution >= 0.6 is 0 Å². The van der Waals surface area contributed by atoms with Crippen LogP contribution in [-0.2, 0) is 27.9 Å². The summed E-state index contributed by atoms with van der Waals surface area (Å²) in [4.78, 5) is 12.5. The topological polar surface area (TPSA) is 103 Å². The number of ether oxygens (including phenoxy) is 2. The number of hydrogen-bond donors (Lipinski definition) is 1. The van der Waals surface area contributed by atoms with Crippen LogP contribution in [0, 0.1) is 13.8 Å². The number of aromatic nitrogens is 2. The Morgan fingerprint density at radius 3 is 2.39 bits per heavy atom. The summed E-state index contributed by atoms with van der Waals surface area (Å²) in [6.07, 6.45) is 0. The molecule has 2 aromatic rings. The first-order chi connectivity index (χ1) is 13.1. The first-order valence-electron chi connectivity index (χ1n) is 8.56. The van der Waals surface area contributed by atoms with Crippen molar-refractivity contribution in [3.63, 3.8) is 0 Å². The molecule has 0 saturated carbocycles. The molecule has 1 N–H and O–H groups in total. The molecule has 0 aliphatic rings. The second-order valence-corrected chi connectivity index (χ2v) is 8.50. The summed E-state index contributed by atoms with van der Waals surface area (Å²) in [7, 11) is 2.39.